The van der Waals surface area contributed by atoms with Crippen LogP contribution >= 0.6 is 15.9 Å². The largest absolute Gasteiger partial charge is 0.331 e. The van der Waals surface area contributed by atoms with E-state index in [9.17, 15) is 0 Å². The normalized spacial score (nSPS) is 14.3. The number of halogens is 1. The Kier molecular flexibility index (Phi) is 3.59. The van der Waals surface area contributed by atoms with E-state index in [1.807, 2.05) is 44.3 Å². The summed E-state index contributed by atoms with van der Waals surface area (Å²) in [5.74, 6) is 1.00. The average molecular weight is 344 g/mol. The summed E-state index contributed by atoms with van der Waals surface area (Å²) in [5, 5.41) is 0. The van der Waals surface area contributed by atoms with E-state index in [-0.39, 0.29) is 0 Å². The van der Waals surface area contributed by atoms with E-state index in [0.29, 0.717) is 6.42 Å². The maximum Gasteiger partial charge on any atom is 0.111 e. The Morgan fingerprint density at radius 3 is 2.67 bits per heavy atom. The Balaban J connectivity index is 1.99. The van der Waals surface area contributed by atoms with E-state index < -0.39 is 5.54 Å². The summed E-state index contributed by atoms with van der Waals surface area (Å²) >= 11 is 3.51. The van der Waals surface area contributed by atoms with Crippen molar-refractivity contribution in [1.29, 1.82) is 0 Å². The molecule has 1 unspecified atom stereocenters. The summed E-state index contributed by atoms with van der Waals surface area (Å²) in [6.07, 6.45) is 0.689. The molecule has 0 spiro atoms. The third-order valence-corrected chi connectivity index (χ3v) is 4.38. The number of hydrogen-bond donors (Lipinski definition) is 1. The highest BCUT2D eigenvalue weighted by Gasteiger charge is 2.24. The van der Waals surface area contributed by atoms with Crippen molar-refractivity contribution >= 4 is 27.0 Å². The second-order valence-corrected chi connectivity index (χ2v) is 6.60. The highest BCUT2D eigenvalue weighted by atomic mass is 79.9. The van der Waals surface area contributed by atoms with Crippen LogP contribution in [0.25, 0.3) is 11.0 Å². The SMILES string of the molecule is Cn1c(CC(C)(N)c2cccc(Br)c2)nc2ccccc21. The van der Waals surface area contributed by atoms with Crippen molar-refractivity contribution in [3.8, 4) is 0 Å². The summed E-state index contributed by atoms with van der Waals surface area (Å²) in [7, 11) is 2.04. The fraction of sp³-hybridized carbons (Fsp3) is 0.235. The molecule has 0 bridgehead atoms. The van der Waals surface area contributed by atoms with Gasteiger partial charge in [-0.3, -0.25) is 0 Å². The highest BCUT2D eigenvalue weighted by molar-refractivity contribution is 9.10. The zero-order valence-electron chi connectivity index (χ0n) is 12.2. The van der Waals surface area contributed by atoms with Crippen LogP contribution in [0.2, 0.25) is 0 Å². The number of benzene rings is 2. The number of fused-ring (bicyclic) bond motifs is 1. The lowest BCUT2D eigenvalue weighted by molar-refractivity contribution is 0.471. The lowest BCUT2D eigenvalue weighted by atomic mass is 9.89. The Bertz CT molecular complexity index is 790. The van der Waals surface area contributed by atoms with Gasteiger partial charge in [0.05, 0.1) is 11.0 Å². The maximum atomic E-state index is 6.56. The fourth-order valence-corrected chi connectivity index (χ4v) is 3.03. The number of aromatic nitrogens is 2. The van der Waals surface area contributed by atoms with Crippen LogP contribution in [0.5, 0.6) is 0 Å². The third kappa shape index (κ3) is 2.74. The van der Waals surface area contributed by atoms with E-state index in [0.717, 1.165) is 26.9 Å². The molecule has 21 heavy (non-hydrogen) atoms. The van der Waals surface area contributed by atoms with E-state index in [1.165, 1.54) is 0 Å². The predicted molar refractivity (Wildman–Crippen MR) is 90.1 cm³/mol. The molecule has 0 fully saturated rings. The first-order valence-corrected chi connectivity index (χ1v) is 7.72. The number of para-hydroxylation sites is 2. The Hall–Kier alpha value is -1.65. The molecule has 0 aliphatic heterocycles. The van der Waals surface area contributed by atoms with Crippen molar-refractivity contribution < 1.29 is 0 Å². The zero-order valence-corrected chi connectivity index (χ0v) is 13.8. The minimum absolute atomic E-state index is 0.459. The molecule has 1 atom stereocenters. The van der Waals surface area contributed by atoms with Crippen LogP contribution in [0.4, 0.5) is 0 Å². The molecular formula is C17H18BrN3. The molecule has 3 nitrogen and oxygen atoms in total. The van der Waals surface area contributed by atoms with Gasteiger partial charge in [-0.05, 0) is 36.8 Å². The third-order valence-electron chi connectivity index (χ3n) is 3.89. The van der Waals surface area contributed by atoms with Gasteiger partial charge in [0.25, 0.3) is 0 Å². The molecule has 3 aromatic rings. The smallest absolute Gasteiger partial charge is 0.111 e. The minimum atomic E-state index is -0.459. The molecule has 2 aromatic carbocycles. The van der Waals surface area contributed by atoms with Gasteiger partial charge in [-0.2, -0.15) is 0 Å². The van der Waals surface area contributed by atoms with Gasteiger partial charge in [0, 0.05) is 23.5 Å². The maximum absolute atomic E-state index is 6.56. The van der Waals surface area contributed by atoms with Crippen molar-refractivity contribution in [3.05, 3.63) is 64.4 Å². The lowest BCUT2D eigenvalue weighted by Crippen LogP contribution is -2.36. The van der Waals surface area contributed by atoms with Crippen LogP contribution in [-0.2, 0) is 19.0 Å². The molecule has 0 aliphatic rings. The topological polar surface area (TPSA) is 43.8 Å². The molecule has 4 heteroatoms. The fourth-order valence-electron chi connectivity index (χ4n) is 2.63. The molecule has 1 heterocycles. The molecular weight excluding hydrogens is 326 g/mol. The molecule has 2 N–H and O–H groups in total. The van der Waals surface area contributed by atoms with E-state index >= 15 is 0 Å². The lowest BCUT2D eigenvalue weighted by Gasteiger charge is -2.25. The predicted octanol–water partition coefficient (Wildman–Crippen LogP) is 3.75. The number of aryl methyl sites for hydroxylation is 1. The summed E-state index contributed by atoms with van der Waals surface area (Å²) in [5.41, 5.74) is 9.35. The molecule has 0 saturated heterocycles. The summed E-state index contributed by atoms with van der Waals surface area (Å²) < 4.78 is 3.17. The number of imidazole rings is 1. The van der Waals surface area contributed by atoms with Gasteiger partial charge in [-0.1, -0.05) is 40.2 Å². The van der Waals surface area contributed by atoms with Crippen LogP contribution in [0.15, 0.2) is 53.0 Å². The standard InChI is InChI=1S/C17H18BrN3/c1-17(19,12-6-5-7-13(18)10-12)11-16-20-14-8-3-4-9-15(14)21(16)2/h3-10H,11,19H2,1-2H3. The Labute approximate surface area is 132 Å². The number of nitrogens with zero attached hydrogens (tertiary/aromatic N) is 2. The first kappa shape index (κ1) is 14.3. The molecule has 0 saturated carbocycles. The van der Waals surface area contributed by atoms with E-state index in [1.54, 1.807) is 0 Å². The van der Waals surface area contributed by atoms with E-state index in [4.69, 9.17) is 10.7 Å². The van der Waals surface area contributed by atoms with Crippen LogP contribution in [0.3, 0.4) is 0 Å². The molecule has 3 rings (SSSR count). The van der Waals surface area contributed by atoms with Gasteiger partial charge in [-0.25, -0.2) is 4.98 Å². The van der Waals surface area contributed by atoms with Gasteiger partial charge in [0.1, 0.15) is 5.82 Å². The number of hydrogen-bond acceptors (Lipinski definition) is 2. The summed E-state index contributed by atoms with van der Waals surface area (Å²) in [6, 6.07) is 16.3. The Morgan fingerprint density at radius 2 is 1.95 bits per heavy atom. The molecule has 0 aliphatic carbocycles. The molecule has 0 amide bonds. The first-order valence-electron chi connectivity index (χ1n) is 6.93. The van der Waals surface area contributed by atoms with Crippen molar-refractivity contribution in [2.24, 2.45) is 12.8 Å². The monoisotopic (exact) mass is 343 g/mol. The van der Waals surface area contributed by atoms with Gasteiger partial charge >= 0.3 is 0 Å². The van der Waals surface area contributed by atoms with Gasteiger partial charge in [-0.15, -0.1) is 0 Å². The van der Waals surface area contributed by atoms with Gasteiger partial charge < -0.3 is 10.3 Å². The number of nitrogens with two attached hydrogens (primary N) is 1. The number of rotatable bonds is 3. The van der Waals surface area contributed by atoms with Crippen molar-refractivity contribution in [1.82, 2.24) is 9.55 Å². The molecule has 1 aromatic heterocycles. The second-order valence-electron chi connectivity index (χ2n) is 5.68. The Morgan fingerprint density at radius 1 is 1.19 bits per heavy atom. The van der Waals surface area contributed by atoms with Crippen LogP contribution in [0.1, 0.15) is 18.3 Å². The molecule has 108 valence electrons. The van der Waals surface area contributed by atoms with Crippen molar-refractivity contribution in [2.75, 3.05) is 0 Å². The molecule has 0 radical (unpaired) electrons. The van der Waals surface area contributed by atoms with E-state index in [2.05, 4.69) is 38.7 Å². The van der Waals surface area contributed by atoms with Crippen molar-refractivity contribution in [2.45, 2.75) is 18.9 Å². The average Bonchev–Trinajstić information content (AvgIpc) is 2.75. The van der Waals surface area contributed by atoms with Crippen LogP contribution in [-0.4, -0.2) is 9.55 Å². The van der Waals surface area contributed by atoms with Crippen molar-refractivity contribution in [3.63, 3.8) is 0 Å². The summed E-state index contributed by atoms with van der Waals surface area (Å²) in [4.78, 5) is 4.72. The van der Waals surface area contributed by atoms with Crippen LogP contribution in [0, 0.1) is 0 Å². The quantitative estimate of drug-likeness (QED) is 0.786. The van der Waals surface area contributed by atoms with Gasteiger partial charge in [0.15, 0.2) is 0 Å². The second kappa shape index (κ2) is 5.28. The summed E-state index contributed by atoms with van der Waals surface area (Å²) in [6.45, 7) is 2.05. The highest BCUT2D eigenvalue weighted by Crippen LogP contribution is 2.26. The van der Waals surface area contributed by atoms with Gasteiger partial charge in [0.2, 0.25) is 0 Å². The minimum Gasteiger partial charge on any atom is -0.331 e. The zero-order chi connectivity index (χ0) is 15.0. The van der Waals surface area contributed by atoms with Crippen LogP contribution < -0.4 is 5.73 Å². The first-order chi connectivity index (χ1) is 9.97.